The van der Waals surface area contributed by atoms with Gasteiger partial charge in [0.05, 0.1) is 12.3 Å². The molecule has 1 aliphatic rings. The van der Waals surface area contributed by atoms with Gasteiger partial charge in [-0.05, 0) is 57.6 Å². The van der Waals surface area contributed by atoms with Gasteiger partial charge in [0, 0.05) is 12.5 Å². The number of H-pyrrole nitrogens is 1. The molecule has 1 aromatic carbocycles. The van der Waals surface area contributed by atoms with E-state index in [4.69, 9.17) is 4.74 Å². The quantitative estimate of drug-likeness (QED) is 0.935. The highest BCUT2D eigenvalue weighted by Gasteiger charge is 2.25. The zero-order chi connectivity index (χ0) is 15.5. The molecule has 0 spiro atoms. The summed E-state index contributed by atoms with van der Waals surface area (Å²) in [7, 11) is 2.11. The fraction of sp³-hybridized carbons (Fsp3) is 0.500. The summed E-state index contributed by atoms with van der Waals surface area (Å²) in [5.74, 6) is 1.91. The van der Waals surface area contributed by atoms with Crippen LogP contribution < -0.4 is 10.4 Å². The number of aromatic nitrogens is 3. The first-order valence-electron chi connectivity index (χ1n) is 7.78. The predicted octanol–water partition coefficient (Wildman–Crippen LogP) is 1.77. The molecule has 1 aromatic heterocycles. The monoisotopic (exact) mass is 302 g/mol. The Balaban J connectivity index is 1.93. The lowest BCUT2D eigenvalue weighted by Crippen LogP contribution is -2.32. The van der Waals surface area contributed by atoms with Gasteiger partial charge in [0.2, 0.25) is 0 Å². The second-order valence-electron chi connectivity index (χ2n) is 5.75. The van der Waals surface area contributed by atoms with E-state index < -0.39 is 0 Å². The van der Waals surface area contributed by atoms with Crippen molar-refractivity contribution in [1.29, 1.82) is 0 Å². The van der Waals surface area contributed by atoms with Crippen LogP contribution in [0, 0.1) is 0 Å². The summed E-state index contributed by atoms with van der Waals surface area (Å²) < 4.78 is 7.13. The van der Waals surface area contributed by atoms with Gasteiger partial charge in [-0.2, -0.15) is 5.10 Å². The van der Waals surface area contributed by atoms with Crippen molar-refractivity contribution in [2.45, 2.75) is 25.7 Å². The van der Waals surface area contributed by atoms with Crippen LogP contribution in [0.3, 0.4) is 0 Å². The number of hydrogen-bond donors (Lipinski definition) is 1. The number of piperidine rings is 1. The molecule has 2 aromatic rings. The zero-order valence-corrected chi connectivity index (χ0v) is 13.1. The number of benzene rings is 1. The average molecular weight is 302 g/mol. The number of aromatic amines is 1. The van der Waals surface area contributed by atoms with Gasteiger partial charge in [0.1, 0.15) is 11.6 Å². The van der Waals surface area contributed by atoms with Crippen LogP contribution in [0.4, 0.5) is 0 Å². The molecular weight excluding hydrogens is 280 g/mol. The largest absolute Gasteiger partial charge is 0.494 e. The Morgan fingerprint density at radius 2 is 2.14 bits per heavy atom. The van der Waals surface area contributed by atoms with Gasteiger partial charge in [-0.15, -0.1) is 0 Å². The van der Waals surface area contributed by atoms with Gasteiger partial charge < -0.3 is 9.64 Å². The minimum Gasteiger partial charge on any atom is -0.494 e. The minimum absolute atomic E-state index is 0.188. The lowest BCUT2D eigenvalue weighted by molar-refractivity contribution is 0.244. The second kappa shape index (κ2) is 6.36. The van der Waals surface area contributed by atoms with Crippen LogP contribution in [0.5, 0.6) is 5.75 Å². The fourth-order valence-electron chi connectivity index (χ4n) is 3.07. The zero-order valence-electron chi connectivity index (χ0n) is 13.1. The standard InChI is InChI=1S/C16H22N4O2/c1-3-22-14-8-6-13(7-9-14)20-15(17-18-16(20)21)12-5-4-10-19(2)11-12/h6-9,12H,3-5,10-11H2,1-2H3,(H,18,21)/t12-/m0/s1. The molecule has 0 aliphatic carbocycles. The van der Waals surface area contributed by atoms with E-state index in [1.807, 2.05) is 31.2 Å². The van der Waals surface area contributed by atoms with Crippen LogP contribution >= 0.6 is 0 Å². The summed E-state index contributed by atoms with van der Waals surface area (Å²) in [6, 6.07) is 7.57. The normalized spacial score (nSPS) is 19.3. The SMILES string of the molecule is CCOc1ccc(-n2c([C@H]3CCCN(C)C3)n[nH]c2=O)cc1. The van der Waals surface area contributed by atoms with E-state index in [0.29, 0.717) is 6.61 Å². The summed E-state index contributed by atoms with van der Waals surface area (Å²) in [5.41, 5.74) is 0.637. The van der Waals surface area contributed by atoms with E-state index in [9.17, 15) is 4.79 Å². The van der Waals surface area contributed by atoms with Gasteiger partial charge in [-0.25, -0.2) is 14.5 Å². The van der Waals surface area contributed by atoms with Crippen LogP contribution in [0.2, 0.25) is 0 Å². The summed E-state index contributed by atoms with van der Waals surface area (Å²) >= 11 is 0. The molecule has 6 heteroatoms. The van der Waals surface area contributed by atoms with E-state index in [2.05, 4.69) is 22.1 Å². The second-order valence-corrected chi connectivity index (χ2v) is 5.75. The van der Waals surface area contributed by atoms with Crippen LogP contribution in [-0.4, -0.2) is 46.4 Å². The lowest BCUT2D eigenvalue weighted by atomic mass is 9.97. The number of rotatable bonds is 4. The van der Waals surface area contributed by atoms with E-state index in [0.717, 1.165) is 43.2 Å². The van der Waals surface area contributed by atoms with Crippen molar-refractivity contribution in [2.24, 2.45) is 0 Å². The molecule has 22 heavy (non-hydrogen) atoms. The Labute approximate surface area is 129 Å². The third kappa shape index (κ3) is 2.92. The van der Waals surface area contributed by atoms with Gasteiger partial charge in [-0.1, -0.05) is 0 Å². The van der Waals surface area contributed by atoms with Crippen molar-refractivity contribution in [3.63, 3.8) is 0 Å². The summed E-state index contributed by atoms with van der Waals surface area (Å²) in [4.78, 5) is 14.5. The predicted molar refractivity (Wildman–Crippen MR) is 84.8 cm³/mol. The number of likely N-dealkylation sites (tertiary alicyclic amines) is 1. The molecule has 6 nitrogen and oxygen atoms in total. The third-order valence-electron chi connectivity index (χ3n) is 4.09. The summed E-state index contributed by atoms with van der Waals surface area (Å²) in [6.45, 7) is 4.62. The van der Waals surface area contributed by atoms with Crippen LogP contribution in [-0.2, 0) is 0 Å². The average Bonchev–Trinajstić information content (AvgIpc) is 2.90. The molecule has 0 radical (unpaired) electrons. The van der Waals surface area contributed by atoms with Gasteiger partial charge >= 0.3 is 5.69 Å². The summed E-state index contributed by atoms with van der Waals surface area (Å²) in [6.07, 6.45) is 2.19. The van der Waals surface area contributed by atoms with Gasteiger partial charge in [0.15, 0.2) is 0 Å². The maximum atomic E-state index is 12.2. The molecule has 1 aliphatic heterocycles. The van der Waals surface area contributed by atoms with Crippen molar-refractivity contribution >= 4 is 0 Å². The topological polar surface area (TPSA) is 63.1 Å². The Morgan fingerprint density at radius 3 is 2.82 bits per heavy atom. The smallest absolute Gasteiger partial charge is 0.347 e. The molecule has 0 saturated carbocycles. The molecule has 2 heterocycles. The van der Waals surface area contributed by atoms with E-state index in [-0.39, 0.29) is 11.6 Å². The molecule has 0 unspecified atom stereocenters. The van der Waals surface area contributed by atoms with E-state index in [1.54, 1.807) is 4.57 Å². The van der Waals surface area contributed by atoms with E-state index in [1.165, 1.54) is 0 Å². The van der Waals surface area contributed by atoms with Gasteiger partial charge in [0.25, 0.3) is 0 Å². The molecule has 3 rings (SSSR count). The maximum absolute atomic E-state index is 12.2. The van der Waals surface area contributed by atoms with Crippen LogP contribution in [0.15, 0.2) is 29.1 Å². The Kier molecular flexibility index (Phi) is 4.29. The van der Waals surface area contributed by atoms with Crippen molar-refractivity contribution in [1.82, 2.24) is 19.7 Å². The number of nitrogens with one attached hydrogen (secondary N) is 1. The molecule has 1 N–H and O–H groups in total. The molecule has 118 valence electrons. The van der Waals surface area contributed by atoms with Gasteiger partial charge in [-0.3, -0.25) is 0 Å². The maximum Gasteiger partial charge on any atom is 0.347 e. The molecule has 1 fully saturated rings. The number of likely N-dealkylation sites (N-methyl/N-ethyl adjacent to an activating group) is 1. The number of nitrogens with zero attached hydrogens (tertiary/aromatic N) is 3. The molecule has 0 bridgehead atoms. The fourth-order valence-corrected chi connectivity index (χ4v) is 3.07. The van der Waals surface area contributed by atoms with Crippen molar-refractivity contribution < 1.29 is 4.74 Å². The lowest BCUT2D eigenvalue weighted by Gasteiger charge is -2.29. The van der Waals surface area contributed by atoms with Crippen molar-refractivity contribution in [3.05, 3.63) is 40.6 Å². The third-order valence-corrected chi connectivity index (χ3v) is 4.09. The molecule has 0 amide bonds. The highest BCUT2D eigenvalue weighted by Crippen LogP contribution is 2.26. The number of hydrogen-bond acceptors (Lipinski definition) is 4. The first-order valence-corrected chi connectivity index (χ1v) is 7.78. The Bertz CT molecular complexity index is 674. The van der Waals surface area contributed by atoms with Crippen LogP contribution in [0.1, 0.15) is 31.5 Å². The van der Waals surface area contributed by atoms with E-state index >= 15 is 0 Å². The first-order chi connectivity index (χ1) is 10.7. The highest BCUT2D eigenvalue weighted by atomic mass is 16.5. The molecule has 1 saturated heterocycles. The summed E-state index contributed by atoms with van der Waals surface area (Å²) in [5, 5.41) is 6.87. The van der Waals surface area contributed by atoms with Crippen molar-refractivity contribution in [2.75, 3.05) is 26.7 Å². The Hall–Kier alpha value is -2.08. The first kappa shape index (κ1) is 14.8. The number of ether oxygens (including phenoxy) is 1. The minimum atomic E-state index is -0.188. The Morgan fingerprint density at radius 1 is 1.36 bits per heavy atom. The van der Waals surface area contributed by atoms with Crippen molar-refractivity contribution in [3.8, 4) is 11.4 Å². The van der Waals surface area contributed by atoms with Crippen LogP contribution in [0.25, 0.3) is 5.69 Å². The molecule has 1 atom stereocenters. The highest BCUT2D eigenvalue weighted by molar-refractivity contribution is 5.38. The molecular formula is C16H22N4O2.